The second kappa shape index (κ2) is 13.0. The molecule has 14 heteroatoms. The number of ether oxygens (including phenoxy) is 2. The van der Waals surface area contributed by atoms with Crippen LogP contribution in [0.2, 0.25) is 0 Å². The minimum Gasteiger partial charge on any atom is -0.496 e. The Morgan fingerprint density at radius 3 is 1.92 bits per heavy atom. The van der Waals surface area contributed by atoms with Crippen LogP contribution >= 0.6 is 0 Å². The molecule has 1 aliphatic heterocycles. The van der Waals surface area contributed by atoms with Crippen LogP contribution in [0.25, 0.3) is 22.3 Å². The molecule has 5 rings (SSSR count). The van der Waals surface area contributed by atoms with Crippen molar-refractivity contribution in [1.29, 1.82) is 0 Å². The molecule has 262 valence electrons. The van der Waals surface area contributed by atoms with Gasteiger partial charge < -0.3 is 9.47 Å². The summed E-state index contributed by atoms with van der Waals surface area (Å²) in [4.78, 5) is 25.7. The topological polar surface area (TPSA) is 55.8 Å². The molecule has 0 aromatic heterocycles. The Morgan fingerprint density at radius 1 is 0.780 bits per heavy atom. The van der Waals surface area contributed by atoms with Crippen LogP contribution in [0, 0.1) is 13.8 Å². The molecule has 1 heterocycles. The van der Waals surface area contributed by atoms with Gasteiger partial charge in [0.1, 0.15) is 11.9 Å². The maximum Gasteiger partial charge on any atom is 0.416 e. The fourth-order valence-electron chi connectivity index (χ4n) is 5.88. The first-order valence-corrected chi connectivity index (χ1v) is 14.7. The van der Waals surface area contributed by atoms with Crippen LogP contribution < -0.4 is 4.74 Å². The largest absolute Gasteiger partial charge is 0.496 e. The lowest BCUT2D eigenvalue weighted by Crippen LogP contribution is -2.32. The summed E-state index contributed by atoms with van der Waals surface area (Å²) in [5.41, 5.74) is -2.32. The molecule has 1 aliphatic rings. The Labute approximate surface area is 280 Å². The monoisotopic (exact) mass is 707 g/mol. The summed E-state index contributed by atoms with van der Waals surface area (Å²) in [5.74, 6) is -0.407. The number of Topliss-reactive ketones (excluding diaryl/α,β-unsaturated/α-hetero) is 1. The summed E-state index contributed by atoms with van der Waals surface area (Å²) in [6, 6.07) is 12.0. The summed E-state index contributed by atoms with van der Waals surface area (Å²) < 4.78 is 134. The van der Waals surface area contributed by atoms with Gasteiger partial charge in [-0.1, -0.05) is 24.3 Å². The number of cyclic esters (lactones) is 1. The average molecular weight is 708 g/mol. The first-order chi connectivity index (χ1) is 23.2. The maximum atomic E-state index is 13.9. The van der Waals surface area contributed by atoms with Crippen LogP contribution in [0.3, 0.4) is 0 Å². The smallest absolute Gasteiger partial charge is 0.416 e. The molecule has 0 bridgehead atoms. The Morgan fingerprint density at radius 2 is 1.38 bits per heavy atom. The van der Waals surface area contributed by atoms with Crippen molar-refractivity contribution in [3.05, 3.63) is 119 Å². The number of ketones is 1. The van der Waals surface area contributed by atoms with Crippen molar-refractivity contribution < 1.29 is 58.6 Å². The molecule has 4 aromatic rings. The predicted molar refractivity (Wildman–Crippen MR) is 163 cm³/mol. The molecule has 0 spiro atoms. The fourth-order valence-corrected chi connectivity index (χ4v) is 5.88. The number of carbonyl (C=O) groups excluding carboxylic acids is 2. The molecule has 4 aromatic carbocycles. The van der Waals surface area contributed by atoms with E-state index in [1.165, 1.54) is 26.2 Å². The molecule has 2 radical (unpaired) electrons. The van der Waals surface area contributed by atoms with Crippen molar-refractivity contribution in [2.24, 2.45) is 0 Å². The average Bonchev–Trinajstić information content (AvgIpc) is 3.31. The first kappa shape index (κ1) is 36.3. The molecule has 0 unspecified atom stereocenters. The quantitative estimate of drug-likeness (QED) is 0.142. The Kier molecular flexibility index (Phi) is 9.45. The van der Waals surface area contributed by atoms with E-state index in [1.807, 2.05) is 0 Å². The fraction of sp³-hybridized carbons (Fsp3) is 0.250. The zero-order chi connectivity index (χ0) is 36.9. The van der Waals surface area contributed by atoms with E-state index >= 15 is 0 Å². The van der Waals surface area contributed by atoms with Gasteiger partial charge in [0.15, 0.2) is 5.78 Å². The first-order valence-electron chi connectivity index (χ1n) is 14.7. The van der Waals surface area contributed by atoms with E-state index in [0.717, 1.165) is 17.0 Å². The minimum atomic E-state index is -5.16. The van der Waals surface area contributed by atoms with Gasteiger partial charge in [0.2, 0.25) is 0 Å². The standard InChI is InChI=1S/C36H26F9NO4/c1-18-11-21(20(3)47)5-8-28(18)22-6-10-31(49-4)30(15-22)29-9-7-25(34(37,38)39)14-24(29)17-46-19(2)32(50-33(46)48)23-12-26(35(40,41)42)16-27(13-23)36(43,44)45/h3,5-16,19,32H,17H2,1-2,4H3/t19-,32-/m0/s1. The Bertz CT molecular complexity index is 1930. The van der Waals surface area contributed by atoms with Crippen molar-refractivity contribution in [2.75, 3.05) is 7.11 Å². The van der Waals surface area contributed by atoms with Crippen molar-refractivity contribution in [2.45, 2.75) is 51.1 Å². The van der Waals surface area contributed by atoms with Gasteiger partial charge in [0.25, 0.3) is 0 Å². The van der Waals surface area contributed by atoms with Gasteiger partial charge >= 0.3 is 24.6 Å². The maximum absolute atomic E-state index is 13.9. The molecular weight excluding hydrogens is 681 g/mol. The number of carbonyl (C=O) groups is 2. The molecule has 0 aliphatic carbocycles. The third-order valence-electron chi connectivity index (χ3n) is 8.42. The SMILES string of the molecule is [CH]C(=O)c1ccc(-c2ccc(OC)c(-c3ccc(C(F)(F)F)cc3CN3C(=O)O[C@H](c4cc(C(F)(F)F)cc(C(F)(F)F)c4)[C@@H]3C)c2)c(C)c1. The molecule has 2 atom stereocenters. The van der Waals surface area contributed by atoms with Gasteiger partial charge in [0.05, 0.1) is 36.4 Å². The van der Waals surface area contributed by atoms with Crippen LogP contribution in [0.1, 0.15) is 56.8 Å². The van der Waals surface area contributed by atoms with Gasteiger partial charge in [-0.3, -0.25) is 9.69 Å². The minimum absolute atomic E-state index is 0.0628. The van der Waals surface area contributed by atoms with E-state index in [2.05, 4.69) is 0 Å². The number of alkyl halides is 9. The normalized spacial score (nSPS) is 16.8. The molecule has 50 heavy (non-hydrogen) atoms. The second-order valence-corrected chi connectivity index (χ2v) is 11.7. The van der Waals surface area contributed by atoms with Crippen molar-refractivity contribution in [3.8, 4) is 28.0 Å². The molecule has 5 nitrogen and oxygen atoms in total. The van der Waals surface area contributed by atoms with Crippen molar-refractivity contribution in [1.82, 2.24) is 4.90 Å². The number of hydrogen-bond acceptors (Lipinski definition) is 4. The lowest BCUT2D eigenvalue weighted by atomic mass is 9.91. The van der Waals surface area contributed by atoms with Gasteiger partial charge in [-0.25, -0.2) is 4.79 Å². The Hall–Kier alpha value is -5.01. The van der Waals surface area contributed by atoms with Crippen molar-refractivity contribution >= 4 is 11.9 Å². The number of aryl methyl sites for hydroxylation is 1. The van der Waals surface area contributed by atoms with Crippen LogP contribution in [0.15, 0.2) is 72.8 Å². The zero-order valence-corrected chi connectivity index (χ0v) is 26.3. The second-order valence-electron chi connectivity index (χ2n) is 11.7. The van der Waals surface area contributed by atoms with Crippen LogP contribution in [-0.2, 0) is 29.8 Å². The molecule has 1 saturated heterocycles. The summed E-state index contributed by atoms with van der Waals surface area (Å²) in [7, 11) is 1.34. The third kappa shape index (κ3) is 7.29. The van der Waals surface area contributed by atoms with E-state index < -0.39 is 71.3 Å². The molecular formula is C36H26F9NO4. The summed E-state index contributed by atoms with van der Waals surface area (Å²) in [5, 5.41) is 0. The molecule has 1 fully saturated rings. The van der Waals surface area contributed by atoms with Crippen LogP contribution in [0.4, 0.5) is 44.3 Å². The van der Waals surface area contributed by atoms with Crippen LogP contribution in [-0.4, -0.2) is 29.9 Å². The third-order valence-corrected chi connectivity index (χ3v) is 8.42. The Balaban J connectivity index is 1.59. The van der Waals surface area contributed by atoms with E-state index in [4.69, 9.17) is 16.4 Å². The lowest BCUT2D eigenvalue weighted by molar-refractivity contribution is -0.143. The van der Waals surface area contributed by atoms with Gasteiger partial charge in [0, 0.05) is 18.1 Å². The number of nitrogens with zero attached hydrogens (tertiary/aromatic N) is 1. The van der Waals surface area contributed by atoms with Crippen molar-refractivity contribution in [3.63, 3.8) is 0 Å². The molecule has 1 amide bonds. The summed E-state index contributed by atoms with van der Waals surface area (Å²) >= 11 is 0. The number of benzene rings is 4. The number of amides is 1. The van der Waals surface area contributed by atoms with E-state index in [1.54, 1.807) is 37.3 Å². The highest BCUT2D eigenvalue weighted by Crippen LogP contribution is 2.43. The highest BCUT2D eigenvalue weighted by molar-refractivity contribution is 6.00. The van der Waals surface area contributed by atoms with Gasteiger partial charge in [-0.15, -0.1) is 0 Å². The number of rotatable bonds is 7. The molecule has 0 N–H and O–H groups in total. The van der Waals surface area contributed by atoms with Gasteiger partial charge in [-0.05, 0) is 95.8 Å². The summed E-state index contributed by atoms with van der Waals surface area (Å²) in [6.45, 7) is 7.84. The van der Waals surface area contributed by atoms with E-state index in [-0.39, 0.29) is 28.5 Å². The molecule has 0 saturated carbocycles. The number of methoxy groups -OCH3 is 1. The number of hydrogen-bond donors (Lipinski definition) is 0. The highest BCUT2D eigenvalue weighted by atomic mass is 19.4. The number of halogens is 9. The lowest BCUT2D eigenvalue weighted by Gasteiger charge is -2.24. The zero-order valence-electron chi connectivity index (χ0n) is 26.3. The predicted octanol–water partition coefficient (Wildman–Crippen LogP) is 10.4. The summed E-state index contributed by atoms with van der Waals surface area (Å²) in [6.07, 6.45) is -17.9. The van der Waals surface area contributed by atoms with E-state index in [9.17, 15) is 49.1 Å². The van der Waals surface area contributed by atoms with Crippen LogP contribution in [0.5, 0.6) is 5.75 Å². The highest BCUT2D eigenvalue weighted by Gasteiger charge is 2.44. The van der Waals surface area contributed by atoms with Gasteiger partial charge in [-0.2, -0.15) is 39.5 Å². The van der Waals surface area contributed by atoms with E-state index in [0.29, 0.717) is 34.4 Å².